The molecule has 3 nitrogen and oxygen atoms in total. The molecule has 1 saturated heterocycles. The third-order valence-electron chi connectivity index (χ3n) is 4.51. The first-order valence-electron chi connectivity index (χ1n) is 7.76. The Morgan fingerprint density at radius 2 is 1.95 bits per heavy atom. The summed E-state index contributed by atoms with van der Waals surface area (Å²) in [6.45, 7) is 4.53. The van der Waals surface area contributed by atoms with Gasteiger partial charge in [-0.05, 0) is 61.4 Å². The smallest absolute Gasteiger partial charge is 0.0366 e. The Hall–Kier alpha value is -1.58. The first-order chi connectivity index (χ1) is 10.1. The molecule has 1 aliphatic heterocycles. The summed E-state index contributed by atoms with van der Waals surface area (Å²) in [6, 6.07) is 12.8. The zero-order chi connectivity index (χ0) is 14.8. The van der Waals surface area contributed by atoms with Crippen LogP contribution in [0.25, 0.3) is 10.8 Å². The minimum Gasteiger partial charge on any atom is -0.398 e. The SMILES string of the molecule is CN1CCC(CN(C)Cc2cc3ccccc3cc2N)C1. The number of rotatable bonds is 4. The maximum Gasteiger partial charge on any atom is 0.0366 e. The minimum absolute atomic E-state index is 0.793. The predicted octanol–water partition coefficient (Wildman–Crippen LogP) is 2.81. The number of fused-ring (bicyclic) bond motifs is 1. The van der Waals surface area contributed by atoms with E-state index in [1.807, 2.05) is 0 Å². The van der Waals surface area contributed by atoms with Crippen LogP contribution in [0.3, 0.4) is 0 Å². The molecule has 2 N–H and O–H groups in total. The summed E-state index contributed by atoms with van der Waals surface area (Å²) < 4.78 is 0. The molecule has 0 spiro atoms. The second kappa shape index (κ2) is 6.04. The molecule has 1 atom stereocenters. The number of hydrogen-bond acceptors (Lipinski definition) is 3. The van der Waals surface area contributed by atoms with Crippen molar-refractivity contribution < 1.29 is 0 Å². The van der Waals surface area contributed by atoms with Gasteiger partial charge in [-0.1, -0.05) is 24.3 Å². The molecule has 1 fully saturated rings. The Bertz CT molecular complexity index is 623. The van der Waals surface area contributed by atoms with Gasteiger partial charge in [0.25, 0.3) is 0 Å². The van der Waals surface area contributed by atoms with Crippen molar-refractivity contribution in [2.75, 3.05) is 39.5 Å². The summed E-state index contributed by atoms with van der Waals surface area (Å²) in [5, 5.41) is 2.49. The fourth-order valence-corrected chi connectivity index (χ4v) is 3.41. The van der Waals surface area contributed by atoms with Crippen molar-refractivity contribution in [3.63, 3.8) is 0 Å². The number of nitrogens with zero attached hydrogens (tertiary/aromatic N) is 2. The summed E-state index contributed by atoms with van der Waals surface area (Å²) in [6.07, 6.45) is 1.31. The molecular weight excluding hydrogens is 258 g/mol. The fourth-order valence-electron chi connectivity index (χ4n) is 3.41. The number of likely N-dealkylation sites (tertiary alicyclic amines) is 1. The molecule has 0 amide bonds. The second-order valence-electron chi connectivity index (χ2n) is 6.51. The van der Waals surface area contributed by atoms with Crippen LogP contribution in [0.2, 0.25) is 0 Å². The highest BCUT2D eigenvalue weighted by Gasteiger charge is 2.20. The molecule has 0 radical (unpaired) electrons. The van der Waals surface area contributed by atoms with Crippen LogP contribution in [0.5, 0.6) is 0 Å². The first-order valence-corrected chi connectivity index (χ1v) is 7.76. The lowest BCUT2D eigenvalue weighted by atomic mass is 10.0. The number of nitrogen functional groups attached to an aromatic ring is 1. The van der Waals surface area contributed by atoms with Gasteiger partial charge < -0.3 is 15.5 Å². The van der Waals surface area contributed by atoms with Gasteiger partial charge in [0.2, 0.25) is 0 Å². The molecular formula is C18H25N3. The third-order valence-corrected chi connectivity index (χ3v) is 4.51. The molecule has 1 heterocycles. The highest BCUT2D eigenvalue weighted by molar-refractivity contribution is 5.86. The Balaban J connectivity index is 1.70. The van der Waals surface area contributed by atoms with Crippen molar-refractivity contribution in [3.8, 4) is 0 Å². The average molecular weight is 283 g/mol. The van der Waals surface area contributed by atoms with Crippen LogP contribution in [0.15, 0.2) is 36.4 Å². The molecule has 2 aromatic carbocycles. The van der Waals surface area contributed by atoms with Crippen LogP contribution in [0.1, 0.15) is 12.0 Å². The molecule has 2 aromatic rings. The van der Waals surface area contributed by atoms with Gasteiger partial charge in [-0.2, -0.15) is 0 Å². The molecule has 1 unspecified atom stereocenters. The van der Waals surface area contributed by atoms with Crippen LogP contribution in [-0.2, 0) is 6.54 Å². The van der Waals surface area contributed by atoms with Crippen LogP contribution in [0.4, 0.5) is 5.69 Å². The van der Waals surface area contributed by atoms with Gasteiger partial charge in [0.05, 0.1) is 0 Å². The average Bonchev–Trinajstić information content (AvgIpc) is 2.85. The van der Waals surface area contributed by atoms with E-state index in [9.17, 15) is 0 Å². The highest BCUT2D eigenvalue weighted by atomic mass is 15.1. The molecule has 0 aliphatic carbocycles. The molecule has 112 valence electrons. The second-order valence-corrected chi connectivity index (χ2v) is 6.51. The summed E-state index contributed by atoms with van der Waals surface area (Å²) in [5.41, 5.74) is 8.38. The van der Waals surface area contributed by atoms with Gasteiger partial charge in [-0.15, -0.1) is 0 Å². The Labute approximate surface area is 127 Å². The third kappa shape index (κ3) is 3.36. The lowest BCUT2D eigenvalue weighted by Crippen LogP contribution is -2.27. The standard InChI is InChI=1S/C18H25N3/c1-20-8-7-14(11-20)12-21(2)13-17-9-15-5-3-4-6-16(15)10-18(17)19/h3-6,9-10,14H,7-8,11-13,19H2,1-2H3. The zero-order valence-electron chi connectivity index (χ0n) is 13.0. The van der Waals surface area contributed by atoms with Gasteiger partial charge in [-0.25, -0.2) is 0 Å². The molecule has 0 bridgehead atoms. The van der Waals surface area contributed by atoms with Gasteiger partial charge in [0.1, 0.15) is 0 Å². The van der Waals surface area contributed by atoms with Gasteiger partial charge in [0.15, 0.2) is 0 Å². The number of nitrogens with two attached hydrogens (primary N) is 1. The summed E-state index contributed by atoms with van der Waals surface area (Å²) in [4.78, 5) is 4.83. The minimum atomic E-state index is 0.793. The van der Waals surface area contributed by atoms with Crippen molar-refractivity contribution in [2.24, 2.45) is 5.92 Å². The normalized spacial score (nSPS) is 19.7. The van der Waals surface area contributed by atoms with E-state index in [0.717, 1.165) is 24.7 Å². The predicted molar refractivity (Wildman–Crippen MR) is 90.3 cm³/mol. The maximum absolute atomic E-state index is 6.23. The van der Waals surface area contributed by atoms with E-state index in [2.05, 4.69) is 60.3 Å². The van der Waals surface area contributed by atoms with Gasteiger partial charge in [0, 0.05) is 25.3 Å². The molecule has 0 saturated carbocycles. The van der Waals surface area contributed by atoms with Gasteiger partial charge >= 0.3 is 0 Å². The van der Waals surface area contributed by atoms with E-state index in [4.69, 9.17) is 5.73 Å². The van der Waals surface area contributed by atoms with Crippen LogP contribution in [0, 0.1) is 5.92 Å². The molecule has 3 heteroatoms. The number of anilines is 1. The van der Waals surface area contributed by atoms with E-state index in [-0.39, 0.29) is 0 Å². The van der Waals surface area contributed by atoms with Crippen molar-refractivity contribution in [2.45, 2.75) is 13.0 Å². The van der Waals surface area contributed by atoms with E-state index >= 15 is 0 Å². The molecule has 0 aromatic heterocycles. The largest absolute Gasteiger partial charge is 0.398 e. The van der Waals surface area contributed by atoms with E-state index < -0.39 is 0 Å². The monoisotopic (exact) mass is 283 g/mol. The molecule has 3 rings (SSSR count). The lowest BCUT2D eigenvalue weighted by Gasteiger charge is -2.22. The maximum atomic E-state index is 6.23. The van der Waals surface area contributed by atoms with E-state index in [0.29, 0.717) is 0 Å². The van der Waals surface area contributed by atoms with Crippen molar-refractivity contribution in [1.82, 2.24) is 9.80 Å². The number of hydrogen-bond donors (Lipinski definition) is 1. The van der Waals surface area contributed by atoms with E-state index in [1.165, 1.54) is 35.8 Å². The fraction of sp³-hybridized carbons (Fsp3) is 0.444. The highest BCUT2D eigenvalue weighted by Crippen LogP contribution is 2.23. The Morgan fingerprint density at radius 1 is 1.24 bits per heavy atom. The topological polar surface area (TPSA) is 32.5 Å². The van der Waals surface area contributed by atoms with Gasteiger partial charge in [-0.3, -0.25) is 0 Å². The quantitative estimate of drug-likeness (QED) is 0.876. The van der Waals surface area contributed by atoms with Crippen LogP contribution >= 0.6 is 0 Å². The van der Waals surface area contributed by atoms with Crippen LogP contribution in [-0.4, -0.2) is 43.5 Å². The first kappa shape index (κ1) is 14.4. The van der Waals surface area contributed by atoms with E-state index in [1.54, 1.807) is 0 Å². The lowest BCUT2D eigenvalue weighted by molar-refractivity contribution is 0.267. The molecule has 21 heavy (non-hydrogen) atoms. The molecule has 1 aliphatic rings. The summed E-state index contributed by atoms with van der Waals surface area (Å²) in [5.74, 6) is 0.793. The van der Waals surface area contributed by atoms with Crippen LogP contribution < -0.4 is 5.73 Å². The van der Waals surface area contributed by atoms with Crippen molar-refractivity contribution in [3.05, 3.63) is 42.0 Å². The Morgan fingerprint density at radius 3 is 2.62 bits per heavy atom. The van der Waals surface area contributed by atoms with Crippen molar-refractivity contribution in [1.29, 1.82) is 0 Å². The summed E-state index contributed by atoms with van der Waals surface area (Å²) >= 11 is 0. The zero-order valence-corrected chi connectivity index (χ0v) is 13.0. The number of benzene rings is 2. The Kier molecular flexibility index (Phi) is 4.13. The summed E-state index contributed by atoms with van der Waals surface area (Å²) in [7, 11) is 4.41. The van der Waals surface area contributed by atoms with Crippen molar-refractivity contribution >= 4 is 16.5 Å².